The number of carbonyl (C=O) groups is 3. The molecule has 3 aromatic carbocycles. The lowest BCUT2D eigenvalue weighted by Crippen LogP contribution is -2.51. The SMILES string of the molecule is NC(=O)c1ccccc1OCCc1cccc(C(=O)N2CCN(C(=O)Nc3ccccc3F)CC2)c1. The lowest BCUT2D eigenvalue weighted by molar-refractivity contribution is 0.0671. The van der Waals surface area contributed by atoms with Crippen molar-refractivity contribution in [3.8, 4) is 5.75 Å². The molecule has 0 atom stereocenters. The molecule has 4 rings (SSSR count). The maximum Gasteiger partial charge on any atom is 0.322 e. The van der Waals surface area contributed by atoms with Gasteiger partial charge < -0.3 is 25.6 Å². The Balaban J connectivity index is 1.29. The van der Waals surface area contributed by atoms with Crippen LogP contribution in [0.3, 0.4) is 0 Å². The summed E-state index contributed by atoms with van der Waals surface area (Å²) in [6, 6.07) is 19.7. The van der Waals surface area contributed by atoms with Crippen LogP contribution in [0.15, 0.2) is 72.8 Å². The number of piperazine rings is 1. The van der Waals surface area contributed by atoms with E-state index in [0.717, 1.165) is 5.56 Å². The van der Waals surface area contributed by atoms with E-state index in [1.54, 1.807) is 52.3 Å². The molecule has 0 spiro atoms. The van der Waals surface area contributed by atoms with Crippen LogP contribution in [0.5, 0.6) is 5.75 Å². The molecule has 0 unspecified atom stereocenters. The predicted octanol–water partition coefficient (Wildman–Crippen LogP) is 3.54. The number of urea groups is 1. The van der Waals surface area contributed by atoms with Gasteiger partial charge in [-0.25, -0.2) is 9.18 Å². The van der Waals surface area contributed by atoms with Gasteiger partial charge in [0.05, 0.1) is 17.9 Å². The summed E-state index contributed by atoms with van der Waals surface area (Å²) < 4.78 is 19.5. The molecule has 36 heavy (non-hydrogen) atoms. The molecule has 0 aliphatic carbocycles. The van der Waals surface area contributed by atoms with Crippen molar-refractivity contribution in [2.75, 3.05) is 38.1 Å². The molecule has 0 bridgehead atoms. The van der Waals surface area contributed by atoms with Gasteiger partial charge in [0.2, 0.25) is 0 Å². The van der Waals surface area contributed by atoms with E-state index in [2.05, 4.69) is 5.32 Å². The molecule has 1 aliphatic rings. The van der Waals surface area contributed by atoms with Gasteiger partial charge in [-0.15, -0.1) is 0 Å². The van der Waals surface area contributed by atoms with E-state index in [1.165, 1.54) is 12.1 Å². The summed E-state index contributed by atoms with van der Waals surface area (Å²) in [5.41, 5.74) is 7.30. The second kappa shape index (κ2) is 11.4. The number of anilines is 1. The molecule has 1 heterocycles. The molecule has 1 saturated heterocycles. The largest absolute Gasteiger partial charge is 0.492 e. The van der Waals surface area contributed by atoms with Crippen LogP contribution in [-0.2, 0) is 6.42 Å². The third-order valence-corrected chi connectivity index (χ3v) is 5.94. The lowest BCUT2D eigenvalue weighted by atomic mass is 10.1. The van der Waals surface area contributed by atoms with E-state index in [9.17, 15) is 18.8 Å². The fraction of sp³-hybridized carbons (Fsp3) is 0.222. The summed E-state index contributed by atoms with van der Waals surface area (Å²) in [6.07, 6.45) is 0.540. The Hall–Kier alpha value is -4.40. The van der Waals surface area contributed by atoms with Crippen molar-refractivity contribution in [1.29, 1.82) is 0 Å². The van der Waals surface area contributed by atoms with Crippen molar-refractivity contribution in [3.63, 3.8) is 0 Å². The molecule has 1 aliphatic heterocycles. The second-order valence-electron chi connectivity index (χ2n) is 8.35. The molecule has 1 fully saturated rings. The molecular formula is C27H27FN4O4. The first-order valence-corrected chi connectivity index (χ1v) is 11.6. The van der Waals surface area contributed by atoms with Crippen molar-refractivity contribution in [3.05, 3.63) is 95.3 Å². The fourth-order valence-electron chi connectivity index (χ4n) is 3.99. The lowest BCUT2D eigenvalue weighted by Gasteiger charge is -2.34. The maximum absolute atomic E-state index is 13.8. The van der Waals surface area contributed by atoms with Crippen LogP contribution in [0.4, 0.5) is 14.9 Å². The van der Waals surface area contributed by atoms with Gasteiger partial charge in [0.1, 0.15) is 11.6 Å². The highest BCUT2D eigenvalue weighted by atomic mass is 19.1. The average Bonchev–Trinajstić information content (AvgIpc) is 2.90. The number of rotatable bonds is 7. The first kappa shape index (κ1) is 24.7. The molecule has 9 heteroatoms. The summed E-state index contributed by atoms with van der Waals surface area (Å²) in [7, 11) is 0. The summed E-state index contributed by atoms with van der Waals surface area (Å²) in [6.45, 7) is 1.76. The number of nitrogens with two attached hydrogens (primary N) is 1. The third kappa shape index (κ3) is 5.99. The van der Waals surface area contributed by atoms with Crippen LogP contribution in [-0.4, -0.2) is 60.4 Å². The molecule has 0 radical (unpaired) electrons. The van der Waals surface area contributed by atoms with E-state index < -0.39 is 17.8 Å². The van der Waals surface area contributed by atoms with Gasteiger partial charge in [0, 0.05) is 38.2 Å². The summed E-state index contributed by atoms with van der Waals surface area (Å²) in [5.74, 6) is -0.745. The number of primary amides is 1. The van der Waals surface area contributed by atoms with Crippen molar-refractivity contribution in [2.24, 2.45) is 5.73 Å². The van der Waals surface area contributed by atoms with Gasteiger partial charge in [-0.1, -0.05) is 36.4 Å². The van der Waals surface area contributed by atoms with Crippen LogP contribution < -0.4 is 15.8 Å². The van der Waals surface area contributed by atoms with Crippen LogP contribution >= 0.6 is 0 Å². The van der Waals surface area contributed by atoms with E-state index in [4.69, 9.17) is 10.5 Å². The van der Waals surface area contributed by atoms with E-state index >= 15 is 0 Å². The zero-order valence-electron chi connectivity index (χ0n) is 19.7. The van der Waals surface area contributed by atoms with Crippen LogP contribution in [0.1, 0.15) is 26.3 Å². The Morgan fingerprint density at radius 1 is 0.889 bits per heavy atom. The number of nitrogens with one attached hydrogen (secondary N) is 1. The summed E-state index contributed by atoms with van der Waals surface area (Å²) >= 11 is 0. The Bertz CT molecular complexity index is 1260. The van der Waals surface area contributed by atoms with Gasteiger partial charge in [0.15, 0.2) is 0 Å². The van der Waals surface area contributed by atoms with Gasteiger partial charge >= 0.3 is 6.03 Å². The van der Waals surface area contributed by atoms with Crippen LogP contribution in [0, 0.1) is 5.82 Å². The quantitative estimate of drug-likeness (QED) is 0.529. The molecule has 0 aromatic heterocycles. The highest BCUT2D eigenvalue weighted by molar-refractivity contribution is 5.96. The highest BCUT2D eigenvalue weighted by Gasteiger charge is 2.25. The van der Waals surface area contributed by atoms with Crippen molar-refractivity contribution >= 4 is 23.5 Å². The smallest absolute Gasteiger partial charge is 0.322 e. The molecule has 186 valence electrons. The Morgan fingerprint density at radius 3 is 2.33 bits per heavy atom. The Labute approximate surface area is 208 Å². The summed E-state index contributed by atoms with van der Waals surface area (Å²) in [4.78, 5) is 40.3. The minimum absolute atomic E-state index is 0.119. The zero-order valence-corrected chi connectivity index (χ0v) is 19.7. The van der Waals surface area contributed by atoms with Gasteiger partial charge in [-0.05, 0) is 42.0 Å². The van der Waals surface area contributed by atoms with E-state index in [0.29, 0.717) is 56.1 Å². The number of amides is 4. The van der Waals surface area contributed by atoms with E-state index in [-0.39, 0.29) is 11.6 Å². The van der Waals surface area contributed by atoms with Gasteiger partial charge in [0.25, 0.3) is 11.8 Å². The topological polar surface area (TPSA) is 105 Å². The number of hydrogen-bond acceptors (Lipinski definition) is 4. The number of nitrogens with zero attached hydrogens (tertiary/aromatic N) is 2. The normalized spacial score (nSPS) is 13.2. The van der Waals surface area contributed by atoms with E-state index in [1.807, 2.05) is 18.2 Å². The fourth-order valence-corrected chi connectivity index (χ4v) is 3.99. The Kier molecular flexibility index (Phi) is 7.79. The number of hydrogen-bond donors (Lipinski definition) is 2. The predicted molar refractivity (Wildman–Crippen MR) is 133 cm³/mol. The second-order valence-corrected chi connectivity index (χ2v) is 8.35. The monoisotopic (exact) mass is 490 g/mol. The van der Waals surface area contributed by atoms with Crippen molar-refractivity contribution < 1.29 is 23.5 Å². The minimum atomic E-state index is -0.553. The first-order valence-electron chi connectivity index (χ1n) is 11.6. The third-order valence-electron chi connectivity index (χ3n) is 5.94. The molecule has 8 nitrogen and oxygen atoms in total. The molecule has 3 aromatic rings. The first-order chi connectivity index (χ1) is 17.4. The highest BCUT2D eigenvalue weighted by Crippen LogP contribution is 2.18. The Morgan fingerprint density at radius 2 is 1.58 bits per heavy atom. The molecule has 0 saturated carbocycles. The van der Waals surface area contributed by atoms with Gasteiger partial charge in [-0.3, -0.25) is 9.59 Å². The molecular weight excluding hydrogens is 463 g/mol. The molecule has 3 N–H and O–H groups in total. The standard InChI is InChI=1S/C27H27FN4O4/c28-22-9-2-3-10-23(22)30-27(35)32-15-13-31(14-16-32)26(34)20-7-5-6-19(18-20)12-17-36-24-11-4-1-8-21(24)25(29)33/h1-11,18H,12-17H2,(H2,29,33)(H,30,35). The number of para-hydroxylation sites is 2. The van der Waals surface area contributed by atoms with Crippen molar-refractivity contribution in [2.45, 2.75) is 6.42 Å². The average molecular weight is 491 g/mol. The summed E-state index contributed by atoms with van der Waals surface area (Å²) in [5, 5.41) is 2.58. The zero-order chi connectivity index (χ0) is 25.5. The van der Waals surface area contributed by atoms with Crippen LogP contribution in [0.25, 0.3) is 0 Å². The molecule has 4 amide bonds. The number of benzene rings is 3. The van der Waals surface area contributed by atoms with Crippen LogP contribution in [0.2, 0.25) is 0 Å². The maximum atomic E-state index is 13.8. The number of ether oxygens (including phenoxy) is 1. The minimum Gasteiger partial charge on any atom is -0.492 e. The number of halogens is 1. The number of carbonyl (C=O) groups excluding carboxylic acids is 3. The van der Waals surface area contributed by atoms with Gasteiger partial charge in [-0.2, -0.15) is 0 Å². The van der Waals surface area contributed by atoms with Crippen molar-refractivity contribution in [1.82, 2.24) is 9.80 Å².